The van der Waals surface area contributed by atoms with Crippen LogP contribution in [0.3, 0.4) is 0 Å². The second-order valence-corrected chi connectivity index (χ2v) is 8.22. The van der Waals surface area contributed by atoms with Crippen LogP contribution in [0, 0.1) is 6.92 Å². The van der Waals surface area contributed by atoms with Crippen molar-refractivity contribution in [2.24, 2.45) is 5.84 Å². The Morgan fingerprint density at radius 1 is 1.59 bits per heavy atom. The summed E-state index contributed by atoms with van der Waals surface area (Å²) in [5, 5.41) is 2.83. The molecule has 1 aromatic heterocycles. The molecular weight excluding hydrogens is 258 g/mol. The van der Waals surface area contributed by atoms with Gasteiger partial charge in [0, 0.05) is 29.8 Å². The number of nitrogens with one attached hydrogen (secondary N) is 1. The predicted octanol–water partition coefficient (Wildman–Crippen LogP) is 0.649. The number of nitrogens with zero attached hydrogens (tertiary/aromatic N) is 1. The summed E-state index contributed by atoms with van der Waals surface area (Å²) >= 11 is 1.52. The standard InChI is InChI=1S/C10H19N3O2S2/c1-7-6-16-9(12-7)5-8(13-11)10(2,3)17(4,14)15/h6,8,13H,5,11H2,1-4H3. The molecule has 1 rings (SSSR count). The van der Waals surface area contributed by atoms with Crippen LogP contribution in [-0.4, -0.2) is 30.4 Å². The van der Waals surface area contributed by atoms with Crippen LogP contribution in [0.25, 0.3) is 0 Å². The second kappa shape index (κ2) is 5.01. The van der Waals surface area contributed by atoms with Crippen LogP contribution in [0.5, 0.6) is 0 Å². The zero-order chi connectivity index (χ0) is 13.3. The Bertz CT molecular complexity index is 479. The highest BCUT2D eigenvalue weighted by atomic mass is 32.2. The summed E-state index contributed by atoms with van der Waals surface area (Å²) in [6.07, 6.45) is 1.74. The van der Waals surface area contributed by atoms with Gasteiger partial charge in [0.25, 0.3) is 0 Å². The van der Waals surface area contributed by atoms with Crippen molar-refractivity contribution in [2.45, 2.75) is 38.0 Å². The minimum atomic E-state index is -3.19. The fourth-order valence-electron chi connectivity index (χ4n) is 1.43. The van der Waals surface area contributed by atoms with E-state index in [1.165, 1.54) is 17.6 Å². The van der Waals surface area contributed by atoms with Crippen molar-refractivity contribution >= 4 is 21.2 Å². The number of hydrogen-bond acceptors (Lipinski definition) is 6. The third kappa shape index (κ3) is 3.25. The van der Waals surface area contributed by atoms with Crippen molar-refractivity contribution in [3.63, 3.8) is 0 Å². The fraction of sp³-hybridized carbons (Fsp3) is 0.700. The molecule has 0 aliphatic heterocycles. The fourth-order valence-corrected chi connectivity index (χ4v) is 2.92. The molecule has 0 radical (unpaired) electrons. The van der Waals surface area contributed by atoms with Crippen molar-refractivity contribution in [3.8, 4) is 0 Å². The van der Waals surface area contributed by atoms with Crippen LogP contribution in [0.1, 0.15) is 24.5 Å². The maximum Gasteiger partial charge on any atom is 0.154 e. The zero-order valence-electron chi connectivity index (χ0n) is 10.5. The van der Waals surface area contributed by atoms with Crippen LogP contribution >= 0.6 is 11.3 Å². The van der Waals surface area contributed by atoms with Gasteiger partial charge >= 0.3 is 0 Å². The topological polar surface area (TPSA) is 85.1 Å². The molecule has 0 saturated heterocycles. The summed E-state index contributed by atoms with van der Waals surface area (Å²) in [6.45, 7) is 5.26. The Hall–Kier alpha value is -0.500. The van der Waals surface area contributed by atoms with Crippen molar-refractivity contribution in [1.82, 2.24) is 10.4 Å². The summed E-state index contributed by atoms with van der Waals surface area (Å²) in [5.74, 6) is 5.47. The Morgan fingerprint density at radius 2 is 2.18 bits per heavy atom. The molecule has 1 atom stereocenters. The lowest BCUT2D eigenvalue weighted by molar-refractivity contribution is 0.412. The first-order chi connectivity index (χ1) is 7.68. The number of aryl methyl sites for hydroxylation is 1. The molecule has 0 aliphatic rings. The van der Waals surface area contributed by atoms with Gasteiger partial charge < -0.3 is 0 Å². The normalized spacial score (nSPS) is 14.9. The summed E-state index contributed by atoms with van der Waals surface area (Å²) in [5.41, 5.74) is 3.54. The van der Waals surface area contributed by atoms with Crippen molar-refractivity contribution in [2.75, 3.05) is 6.26 Å². The van der Waals surface area contributed by atoms with Crippen LogP contribution in [0.2, 0.25) is 0 Å². The molecule has 7 heteroatoms. The Balaban J connectivity index is 2.93. The van der Waals surface area contributed by atoms with Gasteiger partial charge in [0.15, 0.2) is 9.84 Å². The van der Waals surface area contributed by atoms with E-state index in [9.17, 15) is 8.42 Å². The first kappa shape index (κ1) is 14.6. The van der Waals surface area contributed by atoms with Gasteiger partial charge in [0.05, 0.1) is 9.75 Å². The number of nitrogens with two attached hydrogens (primary N) is 1. The van der Waals surface area contributed by atoms with Gasteiger partial charge in [0.1, 0.15) is 0 Å². The van der Waals surface area contributed by atoms with E-state index in [1.807, 2.05) is 12.3 Å². The molecule has 98 valence electrons. The SMILES string of the molecule is Cc1csc(CC(NN)C(C)(C)S(C)(=O)=O)n1. The average Bonchev–Trinajstić information content (AvgIpc) is 2.58. The highest BCUT2D eigenvalue weighted by Crippen LogP contribution is 2.23. The molecule has 1 aromatic rings. The summed E-state index contributed by atoms with van der Waals surface area (Å²) in [7, 11) is -3.19. The van der Waals surface area contributed by atoms with Crippen molar-refractivity contribution in [1.29, 1.82) is 0 Å². The summed E-state index contributed by atoms with van der Waals surface area (Å²) < 4.78 is 22.5. The van der Waals surface area contributed by atoms with Gasteiger partial charge in [-0.2, -0.15) is 0 Å². The number of rotatable bonds is 5. The Labute approximate surface area is 106 Å². The number of aromatic nitrogens is 1. The molecule has 0 aromatic carbocycles. The molecule has 0 spiro atoms. The number of sulfone groups is 1. The Morgan fingerprint density at radius 3 is 2.53 bits per heavy atom. The van der Waals surface area contributed by atoms with E-state index in [1.54, 1.807) is 13.8 Å². The van der Waals surface area contributed by atoms with Crippen LogP contribution in [0.15, 0.2) is 5.38 Å². The average molecular weight is 277 g/mol. The Kier molecular flexibility index (Phi) is 4.29. The third-order valence-corrected chi connectivity index (χ3v) is 6.23. The molecule has 0 fully saturated rings. The molecular formula is C10H19N3O2S2. The van der Waals surface area contributed by atoms with Crippen LogP contribution < -0.4 is 11.3 Å². The van der Waals surface area contributed by atoms with E-state index >= 15 is 0 Å². The summed E-state index contributed by atoms with van der Waals surface area (Å²) in [6, 6.07) is -0.358. The van der Waals surface area contributed by atoms with E-state index in [4.69, 9.17) is 5.84 Å². The monoisotopic (exact) mass is 277 g/mol. The molecule has 0 saturated carbocycles. The van der Waals surface area contributed by atoms with E-state index < -0.39 is 14.6 Å². The minimum Gasteiger partial charge on any atom is -0.271 e. The lowest BCUT2D eigenvalue weighted by Gasteiger charge is -2.31. The quantitative estimate of drug-likeness (QED) is 0.610. The molecule has 1 heterocycles. The van der Waals surface area contributed by atoms with Crippen molar-refractivity contribution < 1.29 is 8.42 Å². The predicted molar refractivity (Wildman–Crippen MR) is 70.6 cm³/mol. The van der Waals surface area contributed by atoms with Gasteiger partial charge in [-0.3, -0.25) is 11.3 Å². The maximum absolute atomic E-state index is 11.7. The first-order valence-corrected chi connectivity index (χ1v) is 8.02. The minimum absolute atomic E-state index is 0.358. The molecule has 0 amide bonds. The highest BCUT2D eigenvalue weighted by Gasteiger charge is 2.38. The molecule has 0 bridgehead atoms. The van der Waals surface area contributed by atoms with E-state index in [-0.39, 0.29) is 6.04 Å². The lowest BCUT2D eigenvalue weighted by atomic mass is 10.0. The van der Waals surface area contributed by atoms with Crippen LogP contribution in [0.4, 0.5) is 0 Å². The largest absolute Gasteiger partial charge is 0.271 e. The van der Waals surface area contributed by atoms with E-state index in [0.717, 1.165) is 10.7 Å². The molecule has 1 unspecified atom stereocenters. The molecule has 5 nitrogen and oxygen atoms in total. The third-order valence-electron chi connectivity index (χ3n) is 3.04. The maximum atomic E-state index is 11.7. The first-order valence-electron chi connectivity index (χ1n) is 5.25. The van der Waals surface area contributed by atoms with Gasteiger partial charge in [-0.25, -0.2) is 13.4 Å². The lowest BCUT2D eigenvalue weighted by Crippen LogP contribution is -2.55. The molecule has 17 heavy (non-hydrogen) atoms. The van der Waals surface area contributed by atoms with E-state index in [0.29, 0.717) is 6.42 Å². The van der Waals surface area contributed by atoms with Gasteiger partial charge in [-0.15, -0.1) is 11.3 Å². The molecule has 3 N–H and O–H groups in total. The van der Waals surface area contributed by atoms with E-state index in [2.05, 4.69) is 10.4 Å². The van der Waals surface area contributed by atoms with Gasteiger partial charge in [-0.05, 0) is 20.8 Å². The zero-order valence-corrected chi connectivity index (χ0v) is 12.2. The van der Waals surface area contributed by atoms with Gasteiger partial charge in [0.2, 0.25) is 0 Å². The van der Waals surface area contributed by atoms with Crippen molar-refractivity contribution in [3.05, 3.63) is 16.1 Å². The molecule has 0 aliphatic carbocycles. The number of hydrogen-bond donors (Lipinski definition) is 2. The smallest absolute Gasteiger partial charge is 0.154 e. The highest BCUT2D eigenvalue weighted by molar-refractivity contribution is 7.92. The number of hydrazine groups is 1. The number of thiazole rings is 1. The summed E-state index contributed by atoms with van der Waals surface area (Å²) in [4.78, 5) is 4.32. The van der Waals surface area contributed by atoms with Crippen LogP contribution in [-0.2, 0) is 16.3 Å². The van der Waals surface area contributed by atoms with Gasteiger partial charge in [-0.1, -0.05) is 0 Å². The second-order valence-electron chi connectivity index (χ2n) is 4.68.